The SMILES string of the molecule is C=C(C)CCC.C=C=C(Nc1ccc(C)c(CF)c1)Nc1ccc(OCC)c(C(NC)NC(=C)/C(C)=C(\C)C(C)CC)c1.CC. The van der Waals surface area contributed by atoms with Gasteiger partial charge in [-0.25, -0.2) is 4.39 Å². The first kappa shape index (κ1) is 41.3. The Morgan fingerprint density at radius 2 is 1.58 bits per heavy atom. The van der Waals surface area contributed by atoms with Crippen LogP contribution in [0.15, 0.2) is 90.1 Å². The van der Waals surface area contributed by atoms with Gasteiger partial charge < -0.3 is 20.7 Å². The first-order valence-corrected chi connectivity index (χ1v) is 16.3. The third-order valence-electron chi connectivity index (χ3n) is 7.51. The largest absolute Gasteiger partial charge is 0.493 e. The average molecular weight is 621 g/mol. The van der Waals surface area contributed by atoms with Gasteiger partial charge in [0.2, 0.25) is 0 Å². The Kier molecular flexibility index (Phi) is 20.8. The molecule has 0 radical (unpaired) electrons. The Morgan fingerprint density at radius 3 is 2.04 bits per heavy atom. The lowest BCUT2D eigenvalue weighted by molar-refractivity contribution is 0.330. The molecule has 0 aliphatic carbocycles. The van der Waals surface area contributed by atoms with E-state index in [2.05, 4.69) is 88.3 Å². The summed E-state index contributed by atoms with van der Waals surface area (Å²) in [5, 5.41) is 13.5. The van der Waals surface area contributed by atoms with Gasteiger partial charge in [-0.2, -0.15) is 0 Å². The predicted octanol–water partition coefficient (Wildman–Crippen LogP) is 11.1. The number of ether oxygens (including phenoxy) is 1. The Balaban J connectivity index is 0.00000216. The van der Waals surface area contributed by atoms with Crippen LogP contribution in [0.1, 0.15) is 104 Å². The van der Waals surface area contributed by atoms with Crippen LogP contribution in [0.25, 0.3) is 0 Å². The van der Waals surface area contributed by atoms with E-state index in [1.54, 1.807) is 6.07 Å². The van der Waals surface area contributed by atoms with Gasteiger partial charge in [-0.1, -0.05) is 77.1 Å². The smallest absolute Gasteiger partial charge is 0.152 e. The minimum absolute atomic E-state index is 0.233. The van der Waals surface area contributed by atoms with Gasteiger partial charge in [0.05, 0.1) is 6.61 Å². The van der Waals surface area contributed by atoms with Gasteiger partial charge in [0.25, 0.3) is 0 Å². The van der Waals surface area contributed by atoms with Crippen molar-refractivity contribution < 1.29 is 9.13 Å². The second-order valence-electron chi connectivity index (χ2n) is 10.9. The van der Waals surface area contributed by atoms with Crippen molar-refractivity contribution in [3.05, 3.63) is 107 Å². The minimum atomic E-state index is -0.514. The van der Waals surface area contributed by atoms with E-state index in [1.807, 2.05) is 65.1 Å². The Morgan fingerprint density at radius 1 is 0.978 bits per heavy atom. The monoisotopic (exact) mass is 620 g/mol. The van der Waals surface area contributed by atoms with Crippen LogP contribution in [0.2, 0.25) is 0 Å². The third kappa shape index (κ3) is 14.3. The molecule has 0 spiro atoms. The maximum Gasteiger partial charge on any atom is 0.152 e. The highest BCUT2D eigenvalue weighted by Crippen LogP contribution is 2.30. The zero-order valence-corrected chi connectivity index (χ0v) is 30.1. The Labute approximate surface area is 274 Å². The van der Waals surface area contributed by atoms with Gasteiger partial charge in [0.1, 0.15) is 18.6 Å². The van der Waals surface area contributed by atoms with Gasteiger partial charge in [0.15, 0.2) is 5.82 Å². The van der Waals surface area contributed by atoms with Crippen molar-refractivity contribution in [2.45, 2.75) is 101 Å². The van der Waals surface area contributed by atoms with Crippen molar-refractivity contribution in [2.24, 2.45) is 5.92 Å². The summed E-state index contributed by atoms with van der Waals surface area (Å²) in [6.45, 7) is 32.7. The second kappa shape index (κ2) is 22.7. The lowest BCUT2D eigenvalue weighted by atomic mass is 9.94. The summed E-state index contributed by atoms with van der Waals surface area (Å²) in [6.07, 6.45) is 3.26. The van der Waals surface area contributed by atoms with Crippen molar-refractivity contribution in [1.29, 1.82) is 0 Å². The van der Waals surface area contributed by atoms with Crippen LogP contribution in [0, 0.1) is 12.8 Å². The summed E-state index contributed by atoms with van der Waals surface area (Å²) in [4.78, 5) is 0. The van der Waals surface area contributed by atoms with Crippen molar-refractivity contribution in [3.8, 4) is 5.75 Å². The molecule has 0 bridgehead atoms. The van der Waals surface area contributed by atoms with Gasteiger partial charge in [-0.15, -0.1) is 6.58 Å². The Bertz CT molecular complexity index is 1290. The highest BCUT2D eigenvalue weighted by Gasteiger charge is 2.18. The molecule has 6 heteroatoms. The summed E-state index contributed by atoms with van der Waals surface area (Å²) in [7, 11) is 1.90. The quantitative estimate of drug-likeness (QED) is 0.0651. The third-order valence-corrected chi connectivity index (χ3v) is 7.51. The molecule has 0 aromatic heterocycles. The van der Waals surface area contributed by atoms with Crippen LogP contribution in [-0.2, 0) is 6.67 Å². The van der Waals surface area contributed by atoms with E-state index >= 15 is 0 Å². The number of hydrogen-bond donors (Lipinski definition) is 4. The molecule has 0 fully saturated rings. The van der Waals surface area contributed by atoms with Crippen LogP contribution in [0.3, 0.4) is 0 Å². The number of halogens is 1. The van der Waals surface area contributed by atoms with Crippen molar-refractivity contribution in [3.63, 3.8) is 0 Å². The van der Waals surface area contributed by atoms with E-state index < -0.39 is 6.67 Å². The van der Waals surface area contributed by atoms with E-state index in [9.17, 15) is 4.39 Å². The molecule has 45 heavy (non-hydrogen) atoms. The van der Waals surface area contributed by atoms with Gasteiger partial charge in [-0.05, 0) is 107 Å². The second-order valence-corrected chi connectivity index (χ2v) is 10.9. The van der Waals surface area contributed by atoms with Crippen LogP contribution >= 0.6 is 0 Å². The van der Waals surface area contributed by atoms with Gasteiger partial charge in [0, 0.05) is 22.6 Å². The number of hydrogen-bond acceptors (Lipinski definition) is 5. The highest BCUT2D eigenvalue weighted by molar-refractivity contribution is 5.60. The summed E-state index contributed by atoms with van der Waals surface area (Å²) in [6, 6.07) is 11.5. The van der Waals surface area contributed by atoms with E-state index in [-0.39, 0.29) is 6.17 Å². The number of alkyl halides is 1. The van der Waals surface area contributed by atoms with E-state index in [4.69, 9.17) is 4.74 Å². The zero-order chi connectivity index (χ0) is 34.5. The molecule has 0 heterocycles. The van der Waals surface area contributed by atoms with Gasteiger partial charge in [-0.3, -0.25) is 5.32 Å². The number of anilines is 2. The molecule has 2 rings (SSSR count). The maximum atomic E-state index is 13.3. The first-order chi connectivity index (χ1) is 21.4. The molecule has 0 amide bonds. The van der Waals surface area contributed by atoms with Crippen LogP contribution < -0.4 is 26.0 Å². The number of allylic oxidation sites excluding steroid dienone is 3. The molecule has 4 N–H and O–H groups in total. The summed E-state index contributed by atoms with van der Waals surface area (Å²) in [5.74, 6) is 1.82. The molecule has 2 aromatic rings. The fraction of sp³-hybridized carbons (Fsp3) is 0.462. The molecule has 2 atom stereocenters. The average Bonchev–Trinajstić information content (AvgIpc) is 3.04. The highest BCUT2D eigenvalue weighted by atomic mass is 19.1. The molecular weight excluding hydrogens is 559 g/mol. The van der Waals surface area contributed by atoms with Crippen LogP contribution in [-0.4, -0.2) is 13.7 Å². The molecule has 0 aliphatic rings. The maximum absolute atomic E-state index is 13.3. The summed E-state index contributed by atoms with van der Waals surface area (Å²) in [5.41, 5.74) is 11.6. The molecule has 5 nitrogen and oxygen atoms in total. The van der Waals surface area contributed by atoms with Crippen LogP contribution in [0.5, 0.6) is 5.75 Å². The molecule has 0 saturated heterocycles. The number of rotatable bonds is 16. The molecule has 250 valence electrons. The number of aryl methyl sites for hydroxylation is 1. The summed E-state index contributed by atoms with van der Waals surface area (Å²) >= 11 is 0. The fourth-order valence-corrected chi connectivity index (χ4v) is 4.37. The van der Waals surface area contributed by atoms with Crippen molar-refractivity contribution in [1.82, 2.24) is 10.6 Å². The Hall–Kier alpha value is -3.73. The standard InChI is InChI=1S/C31H43FN4O.C6H12.C2H6/c1-10-20(4)22(6)23(7)24(8)34-31(33-9)28-18-27(15-16-29(28)37-12-3)36-30(11-2)35-26-14-13-21(5)25(17-26)19-32;1-4-5-6(2)3;1-2/h13-18,20,31,33-36H,2,8,10,12,19H2,1,3-7,9H3;2,4-5H2,1,3H3;1-2H3/b23-22+;;. The fourth-order valence-electron chi connectivity index (χ4n) is 4.37. The lowest BCUT2D eigenvalue weighted by Crippen LogP contribution is -2.32. The molecule has 2 aromatic carbocycles. The predicted molar refractivity (Wildman–Crippen MR) is 196 cm³/mol. The molecule has 0 saturated carbocycles. The topological polar surface area (TPSA) is 57.4 Å². The first-order valence-electron chi connectivity index (χ1n) is 16.3. The minimum Gasteiger partial charge on any atom is -0.493 e. The van der Waals surface area contributed by atoms with E-state index in [1.165, 1.54) is 24.0 Å². The van der Waals surface area contributed by atoms with Crippen LogP contribution in [0.4, 0.5) is 15.8 Å². The van der Waals surface area contributed by atoms with E-state index in [0.29, 0.717) is 23.9 Å². The molecule has 2 unspecified atom stereocenters. The van der Waals surface area contributed by atoms with Gasteiger partial charge >= 0.3 is 0 Å². The summed E-state index contributed by atoms with van der Waals surface area (Å²) < 4.78 is 19.3. The lowest BCUT2D eigenvalue weighted by Gasteiger charge is -2.26. The molecule has 0 aliphatic heterocycles. The van der Waals surface area contributed by atoms with Crippen molar-refractivity contribution >= 4 is 11.4 Å². The molecular formula is C39H61FN4O. The number of benzene rings is 2. The zero-order valence-electron chi connectivity index (χ0n) is 30.1. The number of nitrogens with one attached hydrogen (secondary N) is 4. The van der Waals surface area contributed by atoms with Crippen molar-refractivity contribution in [2.75, 3.05) is 24.3 Å². The van der Waals surface area contributed by atoms with E-state index in [0.717, 1.165) is 45.9 Å². The normalized spacial score (nSPS) is 12.0.